The SMILES string of the molecule is CCC(CO)(CO)NC(=O)c1cc([N+](=O)[O-])cnc1Cl. The molecule has 0 aliphatic carbocycles. The normalized spacial score (nSPS) is 11.2. The third-order valence-electron chi connectivity index (χ3n) is 2.94. The molecule has 1 aromatic rings. The van der Waals surface area contributed by atoms with Crippen LogP contribution in [-0.2, 0) is 0 Å². The Bertz CT molecular complexity index is 511. The molecule has 1 amide bonds. The number of nitrogens with zero attached hydrogens (tertiary/aromatic N) is 2. The van der Waals surface area contributed by atoms with Gasteiger partial charge in [-0.3, -0.25) is 14.9 Å². The summed E-state index contributed by atoms with van der Waals surface area (Å²) in [4.78, 5) is 25.6. The number of aromatic nitrogens is 1. The molecule has 0 spiro atoms. The Kier molecular flexibility index (Phi) is 5.37. The van der Waals surface area contributed by atoms with Crippen molar-refractivity contribution in [2.75, 3.05) is 13.2 Å². The molecule has 0 atom stereocenters. The highest BCUT2D eigenvalue weighted by atomic mass is 35.5. The predicted octanol–water partition coefficient (Wildman–Crippen LogP) is 0.506. The van der Waals surface area contributed by atoms with Crippen molar-refractivity contribution in [3.05, 3.63) is 33.1 Å². The minimum absolute atomic E-state index is 0.194. The van der Waals surface area contributed by atoms with Crippen LogP contribution in [0.4, 0.5) is 5.69 Å². The van der Waals surface area contributed by atoms with E-state index < -0.39 is 29.6 Å². The van der Waals surface area contributed by atoms with Gasteiger partial charge in [-0.2, -0.15) is 0 Å². The molecular weight excluding hydrogens is 290 g/mol. The Labute approximate surface area is 119 Å². The maximum Gasteiger partial charge on any atom is 0.288 e. The summed E-state index contributed by atoms with van der Waals surface area (Å²) in [6.45, 7) is 0.706. The summed E-state index contributed by atoms with van der Waals surface area (Å²) in [6.07, 6.45) is 1.20. The van der Waals surface area contributed by atoms with Crippen molar-refractivity contribution in [2.45, 2.75) is 18.9 Å². The second kappa shape index (κ2) is 6.60. The summed E-state index contributed by atoms with van der Waals surface area (Å²) in [7, 11) is 0. The second-order valence-electron chi connectivity index (χ2n) is 4.19. The molecule has 0 unspecified atom stereocenters. The molecular formula is C11H14ClN3O5. The van der Waals surface area contributed by atoms with E-state index in [-0.39, 0.29) is 22.8 Å². The maximum absolute atomic E-state index is 12.1. The van der Waals surface area contributed by atoms with Gasteiger partial charge in [0.15, 0.2) is 0 Å². The van der Waals surface area contributed by atoms with Gasteiger partial charge in [0.05, 0.1) is 29.2 Å². The summed E-state index contributed by atoms with van der Waals surface area (Å²) in [5.41, 5.74) is -1.79. The lowest BCUT2D eigenvalue weighted by Crippen LogP contribution is -2.53. The Hall–Kier alpha value is -1.77. The van der Waals surface area contributed by atoms with Gasteiger partial charge in [0.25, 0.3) is 11.6 Å². The molecule has 0 aromatic carbocycles. The maximum atomic E-state index is 12.1. The smallest absolute Gasteiger partial charge is 0.288 e. The summed E-state index contributed by atoms with van der Waals surface area (Å²) < 4.78 is 0. The number of hydrogen-bond donors (Lipinski definition) is 3. The Morgan fingerprint density at radius 2 is 2.15 bits per heavy atom. The fourth-order valence-corrected chi connectivity index (χ4v) is 1.63. The molecule has 0 saturated carbocycles. The van der Waals surface area contributed by atoms with Gasteiger partial charge in [-0.1, -0.05) is 18.5 Å². The molecule has 0 aliphatic rings. The highest BCUT2D eigenvalue weighted by Gasteiger charge is 2.30. The Balaban J connectivity index is 3.08. The van der Waals surface area contributed by atoms with Crippen LogP contribution in [0.2, 0.25) is 5.15 Å². The predicted molar refractivity (Wildman–Crippen MR) is 70.6 cm³/mol. The largest absolute Gasteiger partial charge is 0.394 e. The molecule has 0 fully saturated rings. The van der Waals surface area contributed by atoms with Gasteiger partial charge in [-0.05, 0) is 6.42 Å². The van der Waals surface area contributed by atoms with Crippen molar-refractivity contribution in [3.63, 3.8) is 0 Å². The van der Waals surface area contributed by atoms with Crippen LogP contribution < -0.4 is 5.32 Å². The average molecular weight is 304 g/mol. The monoisotopic (exact) mass is 303 g/mol. The van der Waals surface area contributed by atoms with Crippen LogP contribution in [0.5, 0.6) is 0 Å². The third kappa shape index (κ3) is 3.41. The van der Waals surface area contributed by atoms with Gasteiger partial charge < -0.3 is 15.5 Å². The van der Waals surface area contributed by atoms with Crippen LogP contribution >= 0.6 is 11.6 Å². The first-order valence-electron chi connectivity index (χ1n) is 5.73. The minimum Gasteiger partial charge on any atom is -0.394 e. The lowest BCUT2D eigenvalue weighted by molar-refractivity contribution is -0.385. The molecule has 8 nitrogen and oxygen atoms in total. The van der Waals surface area contributed by atoms with E-state index in [1.165, 1.54) is 0 Å². The molecule has 9 heteroatoms. The zero-order chi connectivity index (χ0) is 15.3. The van der Waals surface area contributed by atoms with E-state index in [1.807, 2.05) is 0 Å². The summed E-state index contributed by atoms with van der Waals surface area (Å²) in [5.74, 6) is -0.754. The number of carbonyl (C=O) groups is 1. The van der Waals surface area contributed by atoms with Gasteiger partial charge in [0, 0.05) is 6.07 Å². The van der Waals surface area contributed by atoms with E-state index in [0.29, 0.717) is 0 Å². The van der Waals surface area contributed by atoms with Crippen molar-refractivity contribution >= 4 is 23.2 Å². The van der Waals surface area contributed by atoms with Gasteiger partial charge >= 0.3 is 0 Å². The van der Waals surface area contributed by atoms with E-state index in [9.17, 15) is 25.1 Å². The molecule has 110 valence electrons. The summed E-state index contributed by atoms with van der Waals surface area (Å²) in [6, 6.07) is 0.986. The fourth-order valence-electron chi connectivity index (χ4n) is 1.45. The molecule has 1 rings (SSSR count). The molecule has 1 aromatic heterocycles. The highest BCUT2D eigenvalue weighted by molar-refractivity contribution is 6.32. The molecule has 0 saturated heterocycles. The molecule has 20 heavy (non-hydrogen) atoms. The lowest BCUT2D eigenvalue weighted by Gasteiger charge is -2.29. The fraction of sp³-hybridized carbons (Fsp3) is 0.455. The van der Waals surface area contributed by atoms with Gasteiger partial charge in [-0.25, -0.2) is 4.98 Å². The van der Waals surface area contributed by atoms with Crippen molar-refractivity contribution in [2.24, 2.45) is 0 Å². The van der Waals surface area contributed by atoms with Crippen molar-refractivity contribution in [1.29, 1.82) is 0 Å². The van der Waals surface area contributed by atoms with Crippen LogP contribution in [0.3, 0.4) is 0 Å². The van der Waals surface area contributed by atoms with Crippen molar-refractivity contribution < 1.29 is 19.9 Å². The summed E-state index contributed by atoms with van der Waals surface area (Å²) in [5, 5.41) is 31.4. The van der Waals surface area contributed by atoms with Crippen LogP contribution in [0.1, 0.15) is 23.7 Å². The molecule has 0 bridgehead atoms. The van der Waals surface area contributed by atoms with Crippen LogP contribution in [0.15, 0.2) is 12.3 Å². The molecule has 0 aliphatic heterocycles. The number of aliphatic hydroxyl groups excluding tert-OH is 2. The summed E-state index contributed by atoms with van der Waals surface area (Å²) >= 11 is 5.73. The first kappa shape index (κ1) is 16.3. The number of nitro groups is 1. The van der Waals surface area contributed by atoms with Gasteiger partial charge in [-0.15, -0.1) is 0 Å². The van der Waals surface area contributed by atoms with Crippen molar-refractivity contribution in [3.8, 4) is 0 Å². The number of pyridine rings is 1. The third-order valence-corrected chi connectivity index (χ3v) is 3.24. The average Bonchev–Trinajstić information content (AvgIpc) is 2.45. The van der Waals surface area contributed by atoms with Gasteiger partial charge in [0.2, 0.25) is 0 Å². The number of hydrogen-bond acceptors (Lipinski definition) is 6. The van der Waals surface area contributed by atoms with E-state index in [0.717, 1.165) is 12.3 Å². The lowest BCUT2D eigenvalue weighted by atomic mass is 9.98. The minimum atomic E-state index is -1.22. The van der Waals surface area contributed by atoms with Crippen LogP contribution in [0, 0.1) is 10.1 Å². The number of halogens is 1. The zero-order valence-corrected chi connectivity index (χ0v) is 11.4. The van der Waals surface area contributed by atoms with Gasteiger partial charge in [0.1, 0.15) is 11.3 Å². The van der Waals surface area contributed by atoms with E-state index in [4.69, 9.17) is 11.6 Å². The Morgan fingerprint density at radius 1 is 1.55 bits per heavy atom. The number of aliphatic hydroxyl groups is 2. The van der Waals surface area contributed by atoms with Crippen LogP contribution in [-0.4, -0.2) is 44.8 Å². The highest BCUT2D eigenvalue weighted by Crippen LogP contribution is 2.20. The number of amides is 1. The van der Waals surface area contributed by atoms with Crippen molar-refractivity contribution in [1.82, 2.24) is 10.3 Å². The number of carbonyl (C=O) groups excluding carboxylic acids is 1. The molecule has 0 radical (unpaired) electrons. The number of nitrogens with one attached hydrogen (secondary N) is 1. The molecule has 3 N–H and O–H groups in total. The zero-order valence-electron chi connectivity index (χ0n) is 10.7. The molecule has 1 heterocycles. The Morgan fingerprint density at radius 3 is 2.60 bits per heavy atom. The van der Waals surface area contributed by atoms with E-state index in [2.05, 4.69) is 10.3 Å². The van der Waals surface area contributed by atoms with E-state index in [1.54, 1.807) is 6.92 Å². The topological polar surface area (TPSA) is 126 Å². The standard InChI is InChI=1S/C11H14ClN3O5/c1-2-11(5-16,6-17)14-10(18)8-3-7(15(19)20)4-13-9(8)12/h3-4,16-17H,2,5-6H2,1H3,(H,14,18). The van der Waals surface area contributed by atoms with Crippen LogP contribution in [0.25, 0.3) is 0 Å². The first-order valence-corrected chi connectivity index (χ1v) is 6.11. The number of rotatable bonds is 6. The first-order chi connectivity index (χ1) is 9.39. The second-order valence-corrected chi connectivity index (χ2v) is 4.55. The van der Waals surface area contributed by atoms with E-state index >= 15 is 0 Å². The quantitative estimate of drug-likeness (QED) is 0.399.